The van der Waals surface area contributed by atoms with Crippen molar-refractivity contribution in [2.75, 3.05) is 10.6 Å². The molecule has 0 aromatic heterocycles. The molecule has 3 aromatic carbocycles. The second-order valence-electron chi connectivity index (χ2n) is 6.17. The van der Waals surface area contributed by atoms with Crippen LogP contribution in [0.2, 0.25) is 0 Å². The third-order valence-electron chi connectivity index (χ3n) is 4.04. The zero-order chi connectivity index (χ0) is 20.1. The molecule has 7 heteroatoms. The molecular weight excluding hydrogens is 358 g/mol. The summed E-state index contributed by atoms with van der Waals surface area (Å²) in [6.07, 6.45) is -1.01. The number of carbonyl (C=O) groups is 3. The first kappa shape index (κ1) is 18.9. The summed E-state index contributed by atoms with van der Waals surface area (Å²) in [5, 5.41) is 7.16. The number of hydrogen-bond acceptors (Lipinski definition) is 4. The van der Waals surface area contributed by atoms with Gasteiger partial charge < -0.3 is 21.1 Å². The van der Waals surface area contributed by atoms with Crippen molar-refractivity contribution in [2.45, 2.75) is 13.0 Å². The zero-order valence-corrected chi connectivity index (χ0v) is 15.1. The molecule has 28 heavy (non-hydrogen) atoms. The van der Waals surface area contributed by atoms with Crippen molar-refractivity contribution in [3.63, 3.8) is 0 Å². The van der Waals surface area contributed by atoms with Gasteiger partial charge in [-0.3, -0.25) is 4.79 Å². The van der Waals surface area contributed by atoms with E-state index in [-0.39, 0.29) is 5.56 Å². The average Bonchev–Trinajstić information content (AvgIpc) is 2.67. The number of fused-ring (bicyclic) bond motifs is 1. The van der Waals surface area contributed by atoms with E-state index >= 15 is 0 Å². The molecule has 3 rings (SSSR count). The van der Waals surface area contributed by atoms with E-state index in [1.54, 1.807) is 18.2 Å². The lowest BCUT2D eigenvalue weighted by Crippen LogP contribution is -2.30. The van der Waals surface area contributed by atoms with Crippen LogP contribution in [0.1, 0.15) is 17.3 Å². The SMILES string of the molecule is C[C@@H](OC(=O)c1cccc(NC(N)=O)c1)C(=O)Nc1ccc2ccccc2c1. The molecule has 0 saturated carbocycles. The molecule has 0 aliphatic heterocycles. The van der Waals surface area contributed by atoms with Crippen molar-refractivity contribution in [1.29, 1.82) is 0 Å². The first-order chi connectivity index (χ1) is 13.4. The molecule has 0 saturated heterocycles. The lowest BCUT2D eigenvalue weighted by atomic mass is 10.1. The maximum Gasteiger partial charge on any atom is 0.338 e. The van der Waals surface area contributed by atoms with Crippen LogP contribution in [-0.2, 0) is 9.53 Å². The summed E-state index contributed by atoms with van der Waals surface area (Å²) in [6, 6.07) is 18.7. The number of anilines is 2. The Bertz CT molecular complexity index is 1050. The van der Waals surface area contributed by atoms with Gasteiger partial charge in [-0.2, -0.15) is 0 Å². The highest BCUT2D eigenvalue weighted by Crippen LogP contribution is 2.19. The Labute approximate surface area is 161 Å². The molecule has 7 nitrogen and oxygen atoms in total. The molecule has 0 aliphatic rings. The molecule has 0 heterocycles. The first-order valence-electron chi connectivity index (χ1n) is 8.59. The van der Waals surface area contributed by atoms with Gasteiger partial charge in [-0.1, -0.05) is 36.4 Å². The van der Waals surface area contributed by atoms with Gasteiger partial charge in [-0.25, -0.2) is 9.59 Å². The van der Waals surface area contributed by atoms with Gasteiger partial charge in [0.1, 0.15) is 0 Å². The summed E-state index contributed by atoms with van der Waals surface area (Å²) in [5.74, 6) is -1.13. The predicted molar refractivity (Wildman–Crippen MR) is 107 cm³/mol. The molecule has 0 aliphatic carbocycles. The number of benzene rings is 3. The van der Waals surface area contributed by atoms with Crippen LogP contribution in [0.3, 0.4) is 0 Å². The fourth-order valence-corrected chi connectivity index (χ4v) is 2.66. The highest BCUT2D eigenvalue weighted by molar-refractivity contribution is 5.99. The number of primary amides is 1. The maximum absolute atomic E-state index is 12.4. The van der Waals surface area contributed by atoms with E-state index in [4.69, 9.17) is 10.5 Å². The summed E-state index contributed by atoms with van der Waals surface area (Å²) < 4.78 is 5.22. The Morgan fingerprint density at radius 1 is 0.857 bits per heavy atom. The summed E-state index contributed by atoms with van der Waals surface area (Å²) in [7, 11) is 0. The number of esters is 1. The van der Waals surface area contributed by atoms with Crippen LogP contribution in [0.15, 0.2) is 66.7 Å². The number of amides is 3. The van der Waals surface area contributed by atoms with Crippen molar-refractivity contribution in [2.24, 2.45) is 5.73 Å². The quantitative estimate of drug-likeness (QED) is 0.591. The normalized spacial score (nSPS) is 11.5. The molecule has 1 atom stereocenters. The molecule has 3 aromatic rings. The molecule has 0 radical (unpaired) electrons. The number of carbonyl (C=O) groups excluding carboxylic acids is 3. The topological polar surface area (TPSA) is 111 Å². The van der Waals surface area contributed by atoms with Gasteiger partial charge >= 0.3 is 12.0 Å². The van der Waals surface area contributed by atoms with Crippen LogP contribution in [0.25, 0.3) is 10.8 Å². The Balaban J connectivity index is 1.64. The third-order valence-corrected chi connectivity index (χ3v) is 4.04. The van der Waals surface area contributed by atoms with Crippen molar-refractivity contribution in [1.82, 2.24) is 0 Å². The molecule has 0 unspecified atom stereocenters. The van der Waals surface area contributed by atoms with Crippen LogP contribution in [-0.4, -0.2) is 24.0 Å². The molecule has 0 bridgehead atoms. The van der Waals surface area contributed by atoms with E-state index < -0.39 is 24.0 Å². The molecular formula is C21H19N3O4. The van der Waals surface area contributed by atoms with Crippen molar-refractivity contribution >= 4 is 40.1 Å². The van der Waals surface area contributed by atoms with Crippen LogP contribution >= 0.6 is 0 Å². The van der Waals surface area contributed by atoms with Crippen LogP contribution in [0.4, 0.5) is 16.2 Å². The number of rotatable bonds is 5. The van der Waals surface area contributed by atoms with Gasteiger partial charge in [0.15, 0.2) is 6.10 Å². The predicted octanol–water partition coefficient (Wildman–Crippen LogP) is 3.51. The van der Waals surface area contributed by atoms with Gasteiger partial charge in [0.25, 0.3) is 5.91 Å². The number of hydrogen-bond donors (Lipinski definition) is 3. The van der Waals surface area contributed by atoms with Crippen molar-refractivity contribution < 1.29 is 19.1 Å². The average molecular weight is 377 g/mol. The van der Waals surface area contributed by atoms with Gasteiger partial charge in [0.05, 0.1) is 5.56 Å². The largest absolute Gasteiger partial charge is 0.449 e. The lowest BCUT2D eigenvalue weighted by molar-refractivity contribution is -0.123. The van der Waals surface area contributed by atoms with Gasteiger partial charge in [-0.05, 0) is 48.0 Å². The highest BCUT2D eigenvalue weighted by atomic mass is 16.5. The zero-order valence-electron chi connectivity index (χ0n) is 15.1. The monoisotopic (exact) mass is 377 g/mol. The third kappa shape index (κ3) is 4.64. The fraction of sp³-hybridized carbons (Fsp3) is 0.0952. The highest BCUT2D eigenvalue weighted by Gasteiger charge is 2.19. The smallest absolute Gasteiger partial charge is 0.338 e. The summed E-state index contributed by atoms with van der Waals surface area (Å²) >= 11 is 0. The summed E-state index contributed by atoms with van der Waals surface area (Å²) in [4.78, 5) is 35.6. The summed E-state index contributed by atoms with van der Waals surface area (Å²) in [6.45, 7) is 1.49. The second-order valence-corrected chi connectivity index (χ2v) is 6.17. The minimum Gasteiger partial charge on any atom is -0.449 e. The number of ether oxygens (including phenoxy) is 1. The molecule has 3 amide bonds. The van der Waals surface area contributed by atoms with E-state index in [0.29, 0.717) is 11.4 Å². The number of nitrogens with one attached hydrogen (secondary N) is 2. The minimum atomic E-state index is -1.01. The number of urea groups is 1. The second kappa shape index (κ2) is 8.22. The van der Waals surface area contributed by atoms with Crippen LogP contribution < -0.4 is 16.4 Å². The summed E-state index contributed by atoms with van der Waals surface area (Å²) in [5.41, 5.74) is 6.22. The van der Waals surface area contributed by atoms with E-state index in [9.17, 15) is 14.4 Å². The maximum atomic E-state index is 12.4. The van der Waals surface area contributed by atoms with Crippen molar-refractivity contribution in [3.05, 3.63) is 72.3 Å². The molecule has 0 spiro atoms. The minimum absolute atomic E-state index is 0.191. The van der Waals surface area contributed by atoms with E-state index in [2.05, 4.69) is 10.6 Å². The van der Waals surface area contributed by atoms with Gasteiger partial charge in [-0.15, -0.1) is 0 Å². The fourth-order valence-electron chi connectivity index (χ4n) is 2.66. The molecule has 4 N–H and O–H groups in total. The van der Waals surface area contributed by atoms with Crippen LogP contribution in [0, 0.1) is 0 Å². The Kier molecular flexibility index (Phi) is 5.55. The van der Waals surface area contributed by atoms with E-state index in [0.717, 1.165) is 10.8 Å². The lowest BCUT2D eigenvalue weighted by Gasteiger charge is -2.14. The standard InChI is InChI=1S/C21H19N3O4/c1-13(28-20(26)16-7-4-8-17(12-16)24-21(22)27)19(25)23-18-10-9-14-5-2-3-6-15(14)11-18/h2-13H,1H3,(H,23,25)(H3,22,24,27)/t13-/m1/s1. The van der Waals surface area contributed by atoms with Crippen molar-refractivity contribution in [3.8, 4) is 0 Å². The Morgan fingerprint density at radius 3 is 2.32 bits per heavy atom. The van der Waals surface area contributed by atoms with Gasteiger partial charge in [0.2, 0.25) is 0 Å². The number of nitrogens with two attached hydrogens (primary N) is 1. The Hall–Kier alpha value is -3.87. The van der Waals surface area contributed by atoms with E-state index in [1.807, 2.05) is 36.4 Å². The van der Waals surface area contributed by atoms with Gasteiger partial charge in [0, 0.05) is 11.4 Å². The van der Waals surface area contributed by atoms with E-state index in [1.165, 1.54) is 19.1 Å². The molecule has 142 valence electrons. The van der Waals surface area contributed by atoms with Crippen LogP contribution in [0.5, 0.6) is 0 Å². The Morgan fingerprint density at radius 2 is 1.57 bits per heavy atom. The first-order valence-corrected chi connectivity index (χ1v) is 8.59. The molecule has 0 fully saturated rings.